The van der Waals surface area contributed by atoms with E-state index in [1.54, 1.807) is 0 Å². The summed E-state index contributed by atoms with van der Waals surface area (Å²) >= 11 is 0. The molecule has 0 aliphatic heterocycles. The molecule has 0 bridgehead atoms. The largest absolute Gasteiger partial charge is 0.462 e. The van der Waals surface area contributed by atoms with Crippen molar-refractivity contribution in [3.63, 3.8) is 0 Å². The number of ether oxygens (including phenoxy) is 3. The van der Waals surface area contributed by atoms with Crippen LogP contribution >= 0.6 is 0 Å². The zero-order valence-electron chi connectivity index (χ0n) is 54.6. The Morgan fingerprint density at radius 3 is 0.765 bits per heavy atom. The fraction of sp³-hybridized carbons (Fsp3) is 0.853. The van der Waals surface area contributed by atoms with Crippen LogP contribution in [0.5, 0.6) is 0 Å². The number of esters is 3. The lowest BCUT2D eigenvalue weighted by atomic mass is 10.0. The van der Waals surface area contributed by atoms with Crippen molar-refractivity contribution in [3.8, 4) is 0 Å². The minimum absolute atomic E-state index is 0.0720. The number of unbranched alkanes of at least 4 members (excludes halogenated alkanes) is 48. The van der Waals surface area contributed by atoms with Gasteiger partial charge in [-0.2, -0.15) is 0 Å². The van der Waals surface area contributed by atoms with Crippen LogP contribution in [0.15, 0.2) is 48.6 Å². The first-order valence-corrected chi connectivity index (χ1v) is 36.1. The molecule has 0 amide bonds. The molecule has 0 rings (SSSR count). The zero-order chi connectivity index (χ0) is 58.5. The van der Waals surface area contributed by atoms with E-state index in [4.69, 9.17) is 14.2 Å². The Kier molecular flexibility index (Phi) is 67.6. The van der Waals surface area contributed by atoms with Gasteiger partial charge >= 0.3 is 17.9 Å². The van der Waals surface area contributed by atoms with Crippen LogP contribution in [0.4, 0.5) is 0 Å². The molecule has 6 heteroatoms. The molecular formula is C75H138O6. The average molecular weight is 1140 g/mol. The summed E-state index contributed by atoms with van der Waals surface area (Å²) in [5.41, 5.74) is 0. The molecule has 0 radical (unpaired) electrons. The van der Waals surface area contributed by atoms with E-state index in [0.717, 1.165) is 83.5 Å². The Morgan fingerprint density at radius 1 is 0.259 bits per heavy atom. The van der Waals surface area contributed by atoms with Gasteiger partial charge in [0.2, 0.25) is 0 Å². The van der Waals surface area contributed by atoms with Gasteiger partial charge in [0.05, 0.1) is 0 Å². The van der Waals surface area contributed by atoms with Gasteiger partial charge in [0.25, 0.3) is 0 Å². The van der Waals surface area contributed by atoms with Gasteiger partial charge in [0.1, 0.15) is 13.2 Å². The van der Waals surface area contributed by atoms with Crippen molar-refractivity contribution in [1.29, 1.82) is 0 Å². The third-order valence-electron chi connectivity index (χ3n) is 16.3. The van der Waals surface area contributed by atoms with E-state index in [0.29, 0.717) is 19.3 Å². The quantitative estimate of drug-likeness (QED) is 0.0261. The summed E-state index contributed by atoms with van der Waals surface area (Å²) in [6.07, 6.45) is 88.8. The summed E-state index contributed by atoms with van der Waals surface area (Å²) in [4.78, 5) is 38.4. The van der Waals surface area contributed by atoms with Crippen molar-refractivity contribution in [3.05, 3.63) is 48.6 Å². The summed E-state index contributed by atoms with van der Waals surface area (Å²) in [5.74, 6) is -0.856. The Labute approximate surface area is 505 Å². The molecule has 0 saturated carbocycles. The number of rotatable bonds is 67. The molecule has 0 aromatic carbocycles. The number of allylic oxidation sites excluding steroid dienone is 8. The lowest BCUT2D eigenvalue weighted by Crippen LogP contribution is -2.30. The molecule has 0 spiro atoms. The van der Waals surface area contributed by atoms with Crippen molar-refractivity contribution in [2.45, 2.75) is 399 Å². The Hall–Kier alpha value is -2.63. The van der Waals surface area contributed by atoms with E-state index in [9.17, 15) is 14.4 Å². The summed E-state index contributed by atoms with van der Waals surface area (Å²) in [5, 5.41) is 0. The van der Waals surface area contributed by atoms with Gasteiger partial charge in [0.15, 0.2) is 6.10 Å². The third-order valence-corrected chi connectivity index (χ3v) is 16.3. The van der Waals surface area contributed by atoms with Crippen LogP contribution in [-0.4, -0.2) is 37.2 Å². The number of hydrogen-bond donors (Lipinski definition) is 0. The molecule has 0 saturated heterocycles. The maximum Gasteiger partial charge on any atom is 0.306 e. The molecule has 0 fully saturated rings. The highest BCUT2D eigenvalue weighted by atomic mass is 16.6. The predicted octanol–water partition coefficient (Wildman–Crippen LogP) is 24.9. The van der Waals surface area contributed by atoms with Crippen LogP contribution in [0, 0.1) is 0 Å². The maximum atomic E-state index is 12.9. The summed E-state index contributed by atoms with van der Waals surface area (Å²) < 4.78 is 17.0. The van der Waals surface area contributed by atoms with Gasteiger partial charge in [-0.1, -0.05) is 345 Å². The van der Waals surface area contributed by atoms with E-state index in [1.165, 1.54) is 270 Å². The van der Waals surface area contributed by atoms with Gasteiger partial charge in [-0.25, -0.2) is 0 Å². The molecular weight excluding hydrogens is 997 g/mol. The highest BCUT2D eigenvalue weighted by Crippen LogP contribution is 2.19. The van der Waals surface area contributed by atoms with Crippen molar-refractivity contribution in [1.82, 2.24) is 0 Å². The lowest BCUT2D eigenvalue weighted by Gasteiger charge is -2.18. The molecule has 0 aromatic rings. The van der Waals surface area contributed by atoms with Gasteiger partial charge in [0, 0.05) is 19.3 Å². The first-order chi connectivity index (χ1) is 40.0. The van der Waals surface area contributed by atoms with Gasteiger partial charge in [-0.15, -0.1) is 0 Å². The summed E-state index contributed by atoms with van der Waals surface area (Å²) in [6, 6.07) is 0. The number of hydrogen-bond acceptors (Lipinski definition) is 6. The normalized spacial score (nSPS) is 12.3. The van der Waals surface area contributed by atoms with Crippen LogP contribution in [0.25, 0.3) is 0 Å². The molecule has 0 N–H and O–H groups in total. The minimum atomic E-state index is -0.776. The highest BCUT2D eigenvalue weighted by molar-refractivity contribution is 5.71. The van der Waals surface area contributed by atoms with Crippen molar-refractivity contribution in [2.75, 3.05) is 13.2 Å². The Bertz CT molecular complexity index is 1400. The summed E-state index contributed by atoms with van der Waals surface area (Å²) in [7, 11) is 0. The van der Waals surface area contributed by atoms with Crippen LogP contribution in [-0.2, 0) is 28.6 Å². The molecule has 1 atom stereocenters. The van der Waals surface area contributed by atoms with Crippen LogP contribution in [0.2, 0.25) is 0 Å². The molecule has 0 aliphatic carbocycles. The van der Waals surface area contributed by atoms with E-state index >= 15 is 0 Å². The molecule has 0 aromatic heterocycles. The second kappa shape index (κ2) is 69.9. The number of carbonyl (C=O) groups excluding carboxylic acids is 3. The van der Waals surface area contributed by atoms with Crippen molar-refractivity contribution in [2.24, 2.45) is 0 Å². The molecule has 0 aliphatic rings. The van der Waals surface area contributed by atoms with Crippen LogP contribution < -0.4 is 0 Å². The van der Waals surface area contributed by atoms with E-state index < -0.39 is 6.10 Å². The first-order valence-electron chi connectivity index (χ1n) is 36.1. The smallest absolute Gasteiger partial charge is 0.306 e. The Morgan fingerprint density at radius 2 is 0.481 bits per heavy atom. The molecule has 0 heterocycles. The minimum Gasteiger partial charge on any atom is -0.462 e. The monoisotopic (exact) mass is 1140 g/mol. The Balaban J connectivity index is 4.11. The van der Waals surface area contributed by atoms with Crippen molar-refractivity contribution < 1.29 is 28.6 Å². The fourth-order valence-corrected chi connectivity index (χ4v) is 10.9. The SMILES string of the molecule is CC/C=C\C/C=C\C/C=C\CCCCCCCCCC(=O)OC(COC(=O)CCCCCCCCCCCCCCC)COC(=O)CCCCCCCCCCCCCCCCCCCCCCC/C=C\CCCCCCCCCC. The van der Waals surface area contributed by atoms with Crippen LogP contribution in [0.1, 0.15) is 393 Å². The van der Waals surface area contributed by atoms with Gasteiger partial charge < -0.3 is 14.2 Å². The van der Waals surface area contributed by atoms with E-state index in [1.807, 2.05) is 0 Å². The lowest BCUT2D eigenvalue weighted by molar-refractivity contribution is -0.167. The fourth-order valence-electron chi connectivity index (χ4n) is 10.9. The molecule has 6 nitrogen and oxygen atoms in total. The van der Waals surface area contributed by atoms with E-state index in [-0.39, 0.29) is 31.1 Å². The maximum absolute atomic E-state index is 12.9. The first kappa shape index (κ1) is 78.4. The highest BCUT2D eigenvalue weighted by Gasteiger charge is 2.19. The topological polar surface area (TPSA) is 78.9 Å². The van der Waals surface area contributed by atoms with Gasteiger partial charge in [-0.3, -0.25) is 14.4 Å². The molecule has 474 valence electrons. The van der Waals surface area contributed by atoms with E-state index in [2.05, 4.69) is 69.4 Å². The summed E-state index contributed by atoms with van der Waals surface area (Å²) in [6.45, 7) is 6.58. The van der Waals surface area contributed by atoms with Gasteiger partial charge in [-0.05, 0) is 77.0 Å². The number of carbonyl (C=O) groups is 3. The third kappa shape index (κ3) is 68.0. The second-order valence-corrected chi connectivity index (χ2v) is 24.5. The zero-order valence-corrected chi connectivity index (χ0v) is 54.6. The van der Waals surface area contributed by atoms with Crippen LogP contribution in [0.3, 0.4) is 0 Å². The second-order valence-electron chi connectivity index (χ2n) is 24.5. The predicted molar refractivity (Wildman–Crippen MR) is 353 cm³/mol. The standard InChI is InChI=1S/C75H138O6/c1-4-7-10-13-16-19-22-25-27-29-30-31-32-33-34-35-36-37-38-39-40-41-42-43-44-46-47-50-53-56-59-62-65-68-74(77)80-71-72(70-79-73(76)67-64-61-58-55-52-49-24-21-18-15-12-9-6-3)81-75(78)69-66-63-60-57-54-51-48-45-28-26-23-20-17-14-11-8-5-2/h8,11,17,20,26,28-30,72H,4-7,9-10,12-16,18-19,21-25,27,31-71H2,1-3H3/b11-8-,20-17-,28-26-,30-29-. The van der Waals surface area contributed by atoms with Crippen molar-refractivity contribution >= 4 is 17.9 Å². The molecule has 1 unspecified atom stereocenters. The average Bonchev–Trinajstić information content (AvgIpc) is 3.46. The molecule has 81 heavy (non-hydrogen) atoms.